The van der Waals surface area contributed by atoms with Crippen LogP contribution in [0.3, 0.4) is 0 Å². The molecule has 146 valence electrons. The first kappa shape index (κ1) is 21.1. The van der Waals surface area contributed by atoms with Gasteiger partial charge in [-0.05, 0) is 38.8 Å². The molecular formula is C18H24ClN5O2S. The third kappa shape index (κ3) is 6.18. The number of aliphatic imine (C=N–C) groups is 1. The first-order valence-electron chi connectivity index (χ1n) is 8.66. The van der Waals surface area contributed by atoms with E-state index < -0.39 is 0 Å². The van der Waals surface area contributed by atoms with Gasteiger partial charge in [-0.15, -0.1) is 11.3 Å². The number of esters is 1. The zero-order chi connectivity index (χ0) is 19.8. The summed E-state index contributed by atoms with van der Waals surface area (Å²) in [4.78, 5) is 25.3. The number of pyridine rings is 1. The minimum absolute atomic E-state index is 0.0970. The summed E-state index contributed by atoms with van der Waals surface area (Å²) in [5.41, 5.74) is 1.77. The van der Waals surface area contributed by atoms with Crippen LogP contribution in [0.15, 0.2) is 23.3 Å². The number of carbonyl (C=O) groups excluding carboxylic acids is 1. The van der Waals surface area contributed by atoms with Crippen molar-refractivity contribution in [2.24, 2.45) is 4.99 Å². The number of aryl methyl sites for hydroxylation is 1. The van der Waals surface area contributed by atoms with E-state index in [1.807, 2.05) is 19.9 Å². The molecule has 1 unspecified atom stereocenters. The lowest BCUT2D eigenvalue weighted by Crippen LogP contribution is -2.39. The lowest BCUT2D eigenvalue weighted by molar-refractivity contribution is 0.0531. The van der Waals surface area contributed by atoms with E-state index in [2.05, 4.69) is 25.6 Å². The highest BCUT2D eigenvalue weighted by Crippen LogP contribution is 2.24. The fraction of sp³-hybridized carbons (Fsp3) is 0.444. The van der Waals surface area contributed by atoms with Gasteiger partial charge in [-0.3, -0.25) is 4.99 Å². The van der Waals surface area contributed by atoms with Crippen LogP contribution in [0.25, 0.3) is 0 Å². The quantitative estimate of drug-likeness (QED) is 0.316. The molecular weight excluding hydrogens is 386 g/mol. The van der Waals surface area contributed by atoms with Crippen molar-refractivity contribution in [1.82, 2.24) is 20.6 Å². The molecule has 2 N–H and O–H groups in total. The highest BCUT2D eigenvalue weighted by Gasteiger charge is 2.20. The molecule has 0 saturated heterocycles. The third-order valence-electron chi connectivity index (χ3n) is 3.72. The van der Waals surface area contributed by atoms with Crippen molar-refractivity contribution in [2.45, 2.75) is 33.2 Å². The van der Waals surface area contributed by atoms with Crippen molar-refractivity contribution in [1.29, 1.82) is 0 Å². The molecule has 1 atom stereocenters. The summed E-state index contributed by atoms with van der Waals surface area (Å²) in [5, 5.41) is 7.84. The highest BCUT2D eigenvalue weighted by molar-refractivity contribution is 7.13. The zero-order valence-corrected chi connectivity index (χ0v) is 17.4. The Morgan fingerprint density at radius 2 is 2.22 bits per heavy atom. The summed E-state index contributed by atoms with van der Waals surface area (Å²) < 4.78 is 5.07. The van der Waals surface area contributed by atoms with Crippen molar-refractivity contribution in [3.8, 4) is 0 Å². The Morgan fingerprint density at radius 1 is 1.44 bits per heavy atom. The molecule has 27 heavy (non-hydrogen) atoms. The van der Waals surface area contributed by atoms with E-state index in [4.69, 9.17) is 16.3 Å². The summed E-state index contributed by atoms with van der Waals surface area (Å²) in [6.07, 6.45) is 2.56. The van der Waals surface area contributed by atoms with Crippen molar-refractivity contribution in [3.05, 3.63) is 44.6 Å². The molecule has 0 bridgehead atoms. The minimum Gasteiger partial charge on any atom is -0.462 e. The lowest BCUT2D eigenvalue weighted by Gasteiger charge is -2.16. The number of nitrogens with zero attached hydrogens (tertiary/aromatic N) is 3. The summed E-state index contributed by atoms with van der Waals surface area (Å²) in [7, 11) is 1.71. The van der Waals surface area contributed by atoms with Crippen LogP contribution in [0.2, 0.25) is 5.15 Å². The Kier molecular flexibility index (Phi) is 7.99. The molecule has 7 nitrogen and oxygen atoms in total. The van der Waals surface area contributed by atoms with E-state index in [-0.39, 0.29) is 12.0 Å². The van der Waals surface area contributed by atoms with E-state index in [9.17, 15) is 4.79 Å². The fourth-order valence-electron chi connectivity index (χ4n) is 2.33. The normalized spacial score (nSPS) is 12.6. The maximum Gasteiger partial charge on any atom is 0.350 e. The van der Waals surface area contributed by atoms with Crippen LogP contribution < -0.4 is 10.6 Å². The molecule has 0 fully saturated rings. The molecule has 0 amide bonds. The Bertz CT molecular complexity index is 792. The summed E-state index contributed by atoms with van der Waals surface area (Å²) in [5.74, 6) is 0.333. The number of nitrogens with one attached hydrogen (secondary N) is 2. The molecule has 0 radical (unpaired) electrons. The van der Waals surface area contributed by atoms with Crippen LogP contribution in [0.4, 0.5) is 0 Å². The molecule has 0 aromatic carbocycles. The first-order valence-corrected chi connectivity index (χ1v) is 9.86. The van der Waals surface area contributed by atoms with Gasteiger partial charge in [-0.25, -0.2) is 14.8 Å². The smallest absolute Gasteiger partial charge is 0.350 e. The van der Waals surface area contributed by atoms with Gasteiger partial charge in [0.15, 0.2) is 5.96 Å². The number of ether oxygens (including phenoxy) is 1. The number of hydrogen-bond donors (Lipinski definition) is 2. The largest absolute Gasteiger partial charge is 0.462 e. The van der Waals surface area contributed by atoms with E-state index in [0.29, 0.717) is 34.8 Å². The first-order chi connectivity index (χ1) is 12.9. The van der Waals surface area contributed by atoms with Crippen molar-refractivity contribution in [2.75, 3.05) is 20.2 Å². The van der Waals surface area contributed by atoms with Gasteiger partial charge in [0.05, 0.1) is 18.3 Å². The Morgan fingerprint density at radius 3 is 2.85 bits per heavy atom. The average molecular weight is 410 g/mol. The monoisotopic (exact) mass is 409 g/mol. The molecule has 0 aliphatic heterocycles. The van der Waals surface area contributed by atoms with Gasteiger partial charge < -0.3 is 15.4 Å². The molecule has 9 heteroatoms. The second kappa shape index (κ2) is 10.2. The molecule has 0 aliphatic rings. The number of carbonyl (C=O) groups is 1. The van der Waals surface area contributed by atoms with E-state index in [1.165, 1.54) is 11.3 Å². The summed E-state index contributed by atoms with van der Waals surface area (Å²) >= 11 is 7.13. The zero-order valence-electron chi connectivity index (χ0n) is 15.9. The van der Waals surface area contributed by atoms with E-state index in [0.717, 1.165) is 17.0 Å². The maximum atomic E-state index is 12.0. The molecule has 2 rings (SSSR count). The van der Waals surface area contributed by atoms with Gasteiger partial charge in [0, 0.05) is 19.8 Å². The standard InChI is InChI=1S/C18H24ClN5O2S/c1-5-26-17(25)15-11(2)23-16(27-15)12(3)24-18(20-4)21-9-8-13-6-7-14(19)22-10-13/h6-7,10,12H,5,8-9H2,1-4H3,(H2,20,21,24). The van der Waals surface area contributed by atoms with Crippen LogP contribution >= 0.6 is 22.9 Å². The molecule has 0 aliphatic carbocycles. The maximum absolute atomic E-state index is 12.0. The number of halogens is 1. The van der Waals surface area contributed by atoms with Gasteiger partial charge >= 0.3 is 5.97 Å². The minimum atomic E-state index is -0.329. The average Bonchev–Trinajstić information content (AvgIpc) is 3.04. The van der Waals surface area contributed by atoms with Crippen LogP contribution in [-0.4, -0.2) is 42.1 Å². The Balaban J connectivity index is 1.90. The van der Waals surface area contributed by atoms with Crippen LogP contribution in [0.5, 0.6) is 0 Å². The van der Waals surface area contributed by atoms with Gasteiger partial charge in [0.1, 0.15) is 15.0 Å². The van der Waals surface area contributed by atoms with E-state index >= 15 is 0 Å². The second-order valence-electron chi connectivity index (χ2n) is 5.79. The van der Waals surface area contributed by atoms with Gasteiger partial charge in [-0.1, -0.05) is 17.7 Å². The van der Waals surface area contributed by atoms with E-state index in [1.54, 1.807) is 26.2 Å². The number of thiazole rings is 1. The number of hydrogen-bond acceptors (Lipinski definition) is 6. The molecule has 0 saturated carbocycles. The highest BCUT2D eigenvalue weighted by atomic mass is 35.5. The van der Waals surface area contributed by atoms with Gasteiger partial charge in [0.2, 0.25) is 0 Å². The summed E-state index contributed by atoms with van der Waals surface area (Å²) in [6, 6.07) is 3.63. The summed E-state index contributed by atoms with van der Waals surface area (Å²) in [6.45, 7) is 6.62. The lowest BCUT2D eigenvalue weighted by atomic mass is 10.2. The van der Waals surface area contributed by atoms with Crippen LogP contribution in [-0.2, 0) is 11.2 Å². The van der Waals surface area contributed by atoms with Crippen LogP contribution in [0, 0.1) is 6.92 Å². The van der Waals surface area contributed by atoms with Gasteiger partial charge in [-0.2, -0.15) is 0 Å². The number of rotatable bonds is 7. The fourth-order valence-corrected chi connectivity index (χ4v) is 3.40. The molecule has 2 heterocycles. The van der Waals surface area contributed by atoms with Crippen molar-refractivity contribution in [3.63, 3.8) is 0 Å². The topological polar surface area (TPSA) is 88.5 Å². The molecule has 2 aromatic heterocycles. The van der Waals surface area contributed by atoms with Crippen molar-refractivity contribution >= 4 is 34.9 Å². The second-order valence-corrected chi connectivity index (χ2v) is 7.21. The van der Waals surface area contributed by atoms with Crippen molar-refractivity contribution < 1.29 is 9.53 Å². The van der Waals surface area contributed by atoms with Gasteiger partial charge in [0.25, 0.3) is 0 Å². The molecule has 2 aromatic rings. The number of guanidine groups is 1. The predicted octanol–water partition coefficient (Wildman–Crippen LogP) is 3.15. The SMILES string of the molecule is CCOC(=O)c1sc(C(C)NC(=NC)NCCc2ccc(Cl)nc2)nc1C. The Hall–Kier alpha value is -2.19. The Labute approximate surface area is 168 Å². The molecule has 0 spiro atoms. The third-order valence-corrected chi connectivity index (χ3v) is 5.26. The van der Waals surface area contributed by atoms with Crippen LogP contribution in [0.1, 0.15) is 45.8 Å². The number of aromatic nitrogens is 2. The predicted molar refractivity (Wildman–Crippen MR) is 109 cm³/mol.